The number of rotatable bonds is 7. The lowest BCUT2D eigenvalue weighted by Gasteiger charge is -2.28. The SMILES string of the molecule is CCCNC(=S)N(Cc1cccc(OC)c1)CC1CCCO1. The summed E-state index contributed by atoms with van der Waals surface area (Å²) in [6.45, 7) is 5.52. The van der Waals surface area contributed by atoms with Crippen LogP contribution in [-0.2, 0) is 11.3 Å². The van der Waals surface area contributed by atoms with Crippen LogP contribution in [0.15, 0.2) is 24.3 Å². The molecular formula is C17H26N2O2S. The van der Waals surface area contributed by atoms with Crippen LogP contribution < -0.4 is 10.1 Å². The molecule has 4 nitrogen and oxygen atoms in total. The molecule has 1 heterocycles. The quantitative estimate of drug-likeness (QED) is 0.781. The van der Waals surface area contributed by atoms with E-state index in [0.717, 1.165) is 56.4 Å². The van der Waals surface area contributed by atoms with Crippen molar-refractivity contribution >= 4 is 17.3 Å². The molecular weight excluding hydrogens is 296 g/mol. The second-order valence-electron chi connectivity index (χ2n) is 5.60. The third-order valence-corrected chi connectivity index (χ3v) is 4.17. The van der Waals surface area contributed by atoms with Gasteiger partial charge in [-0.05, 0) is 49.2 Å². The topological polar surface area (TPSA) is 33.7 Å². The Hall–Kier alpha value is -1.33. The van der Waals surface area contributed by atoms with Gasteiger partial charge in [-0.1, -0.05) is 19.1 Å². The minimum absolute atomic E-state index is 0.284. The normalized spacial score (nSPS) is 17.3. The Morgan fingerprint density at radius 2 is 2.36 bits per heavy atom. The lowest BCUT2D eigenvalue weighted by molar-refractivity contribution is 0.0897. The Morgan fingerprint density at radius 3 is 3.05 bits per heavy atom. The van der Waals surface area contributed by atoms with Crippen molar-refractivity contribution in [2.75, 3.05) is 26.8 Å². The zero-order valence-electron chi connectivity index (χ0n) is 13.5. The number of thiocarbonyl (C=S) groups is 1. The van der Waals surface area contributed by atoms with Crippen LogP contribution in [0, 0.1) is 0 Å². The number of hydrogen-bond donors (Lipinski definition) is 1. The average molecular weight is 322 g/mol. The predicted octanol–water partition coefficient (Wildman–Crippen LogP) is 2.96. The van der Waals surface area contributed by atoms with Gasteiger partial charge in [-0.15, -0.1) is 0 Å². The van der Waals surface area contributed by atoms with E-state index in [9.17, 15) is 0 Å². The molecule has 2 rings (SSSR count). The summed E-state index contributed by atoms with van der Waals surface area (Å²) < 4.78 is 11.1. The van der Waals surface area contributed by atoms with Crippen molar-refractivity contribution < 1.29 is 9.47 Å². The van der Waals surface area contributed by atoms with Crippen molar-refractivity contribution in [2.24, 2.45) is 0 Å². The van der Waals surface area contributed by atoms with Gasteiger partial charge in [0, 0.05) is 26.2 Å². The molecule has 0 spiro atoms. The first kappa shape index (κ1) is 17.0. The fourth-order valence-electron chi connectivity index (χ4n) is 2.59. The zero-order chi connectivity index (χ0) is 15.8. The van der Waals surface area contributed by atoms with Gasteiger partial charge < -0.3 is 19.7 Å². The lowest BCUT2D eigenvalue weighted by Crippen LogP contribution is -2.43. The number of methoxy groups -OCH3 is 1. The van der Waals surface area contributed by atoms with E-state index >= 15 is 0 Å². The van der Waals surface area contributed by atoms with Crippen LogP contribution in [0.3, 0.4) is 0 Å². The predicted molar refractivity (Wildman–Crippen MR) is 93.3 cm³/mol. The third-order valence-electron chi connectivity index (χ3n) is 3.77. The zero-order valence-corrected chi connectivity index (χ0v) is 14.3. The maximum atomic E-state index is 5.77. The van der Waals surface area contributed by atoms with Gasteiger partial charge >= 0.3 is 0 Å². The Labute approximate surface area is 138 Å². The molecule has 0 amide bonds. The first-order chi connectivity index (χ1) is 10.7. The average Bonchev–Trinajstić information content (AvgIpc) is 3.05. The number of hydrogen-bond acceptors (Lipinski definition) is 3. The molecule has 0 bridgehead atoms. The van der Waals surface area contributed by atoms with E-state index in [4.69, 9.17) is 21.7 Å². The molecule has 1 atom stereocenters. The Kier molecular flexibility index (Phi) is 6.93. The number of nitrogens with one attached hydrogen (secondary N) is 1. The van der Waals surface area contributed by atoms with Crippen molar-refractivity contribution in [3.8, 4) is 5.75 Å². The molecule has 1 unspecified atom stereocenters. The smallest absolute Gasteiger partial charge is 0.169 e. The molecule has 1 fully saturated rings. The Bertz CT molecular complexity index is 475. The Balaban J connectivity index is 2.02. The van der Waals surface area contributed by atoms with Gasteiger partial charge in [0.1, 0.15) is 5.75 Å². The summed E-state index contributed by atoms with van der Waals surface area (Å²) in [6.07, 6.45) is 3.61. The summed E-state index contributed by atoms with van der Waals surface area (Å²) in [5.41, 5.74) is 1.19. The van der Waals surface area contributed by atoms with E-state index < -0.39 is 0 Å². The molecule has 1 aromatic carbocycles. The van der Waals surface area contributed by atoms with Crippen molar-refractivity contribution in [1.82, 2.24) is 10.2 Å². The van der Waals surface area contributed by atoms with E-state index in [1.54, 1.807) is 7.11 Å². The summed E-state index contributed by atoms with van der Waals surface area (Å²) in [5.74, 6) is 0.877. The summed E-state index contributed by atoms with van der Waals surface area (Å²) >= 11 is 5.56. The first-order valence-electron chi connectivity index (χ1n) is 8.00. The van der Waals surface area contributed by atoms with E-state index in [-0.39, 0.29) is 6.10 Å². The molecule has 1 aliphatic heterocycles. The molecule has 5 heteroatoms. The molecule has 1 aromatic rings. The van der Waals surface area contributed by atoms with Crippen molar-refractivity contribution in [2.45, 2.75) is 38.8 Å². The summed E-state index contributed by atoms with van der Waals surface area (Å²) in [7, 11) is 1.69. The van der Waals surface area contributed by atoms with E-state index in [1.807, 2.05) is 12.1 Å². The first-order valence-corrected chi connectivity index (χ1v) is 8.41. The maximum Gasteiger partial charge on any atom is 0.169 e. The highest BCUT2D eigenvalue weighted by Crippen LogP contribution is 2.18. The monoisotopic (exact) mass is 322 g/mol. The molecule has 122 valence electrons. The molecule has 0 radical (unpaired) electrons. The van der Waals surface area contributed by atoms with E-state index in [0.29, 0.717) is 0 Å². The number of nitrogens with zero attached hydrogens (tertiary/aromatic N) is 1. The highest BCUT2D eigenvalue weighted by Gasteiger charge is 2.21. The molecule has 0 saturated carbocycles. The molecule has 1 N–H and O–H groups in total. The van der Waals surface area contributed by atoms with Crippen molar-refractivity contribution in [3.05, 3.63) is 29.8 Å². The highest BCUT2D eigenvalue weighted by molar-refractivity contribution is 7.80. The van der Waals surface area contributed by atoms with Crippen LogP contribution in [0.5, 0.6) is 5.75 Å². The van der Waals surface area contributed by atoms with Gasteiger partial charge in [-0.3, -0.25) is 0 Å². The summed E-state index contributed by atoms with van der Waals surface area (Å²) in [5, 5.41) is 4.13. The highest BCUT2D eigenvalue weighted by atomic mass is 32.1. The van der Waals surface area contributed by atoms with Gasteiger partial charge in [0.25, 0.3) is 0 Å². The van der Waals surface area contributed by atoms with Crippen LogP contribution in [0.2, 0.25) is 0 Å². The van der Waals surface area contributed by atoms with Gasteiger partial charge in [0.2, 0.25) is 0 Å². The molecule has 0 aromatic heterocycles. The number of benzene rings is 1. The van der Waals surface area contributed by atoms with Gasteiger partial charge in [-0.25, -0.2) is 0 Å². The van der Waals surface area contributed by atoms with Gasteiger partial charge in [-0.2, -0.15) is 0 Å². The van der Waals surface area contributed by atoms with E-state index in [2.05, 4.69) is 29.3 Å². The third kappa shape index (κ3) is 5.14. The van der Waals surface area contributed by atoms with Crippen LogP contribution in [0.4, 0.5) is 0 Å². The Morgan fingerprint density at radius 1 is 1.50 bits per heavy atom. The number of ether oxygens (including phenoxy) is 2. The van der Waals surface area contributed by atoms with Crippen molar-refractivity contribution in [3.63, 3.8) is 0 Å². The minimum atomic E-state index is 0.284. The van der Waals surface area contributed by atoms with Crippen LogP contribution >= 0.6 is 12.2 Å². The van der Waals surface area contributed by atoms with Crippen LogP contribution in [0.1, 0.15) is 31.7 Å². The maximum absolute atomic E-state index is 5.77. The fourth-order valence-corrected chi connectivity index (χ4v) is 2.83. The second kappa shape index (κ2) is 8.96. The van der Waals surface area contributed by atoms with E-state index in [1.165, 1.54) is 5.56 Å². The lowest BCUT2D eigenvalue weighted by atomic mass is 10.2. The minimum Gasteiger partial charge on any atom is -0.497 e. The summed E-state index contributed by atoms with van der Waals surface area (Å²) in [4.78, 5) is 2.20. The summed E-state index contributed by atoms with van der Waals surface area (Å²) in [6, 6.07) is 8.14. The molecule has 22 heavy (non-hydrogen) atoms. The second-order valence-corrected chi connectivity index (χ2v) is 5.99. The van der Waals surface area contributed by atoms with Gasteiger partial charge in [0.15, 0.2) is 5.11 Å². The van der Waals surface area contributed by atoms with Gasteiger partial charge in [0.05, 0.1) is 13.2 Å². The standard InChI is InChI=1S/C17H26N2O2S/c1-3-9-18-17(22)19(13-16-8-5-10-21-16)12-14-6-4-7-15(11-14)20-2/h4,6-7,11,16H,3,5,8-10,12-13H2,1-2H3,(H,18,22). The van der Waals surface area contributed by atoms with Crippen molar-refractivity contribution in [1.29, 1.82) is 0 Å². The van der Waals surface area contributed by atoms with Crippen LogP contribution in [-0.4, -0.2) is 42.9 Å². The molecule has 1 aliphatic rings. The van der Waals surface area contributed by atoms with Crippen LogP contribution in [0.25, 0.3) is 0 Å². The largest absolute Gasteiger partial charge is 0.497 e. The molecule has 1 saturated heterocycles. The fraction of sp³-hybridized carbons (Fsp3) is 0.588. The molecule has 0 aliphatic carbocycles.